The summed E-state index contributed by atoms with van der Waals surface area (Å²) in [5.41, 5.74) is 6.02. The molecule has 1 aliphatic carbocycles. The molecule has 0 aliphatic heterocycles. The first-order chi connectivity index (χ1) is 6.77. The Hall–Kier alpha value is -0.900. The monoisotopic (exact) mass is 194 g/mol. The highest BCUT2D eigenvalue weighted by Crippen LogP contribution is 2.29. The van der Waals surface area contributed by atoms with Gasteiger partial charge in [0, 0.05) is 19.0 Å². The Balaban J connectivity index is 2.13. The highest BCUT2D eigenvalue weighted by atomic mass is 15.3. The van der Waals surface area contributed by atoms with E-state index in [2.05, 4.69) is 10.1 Å². The fourth-order valence-electron chi connectivity index (χ4n) is 2.31. The third-order valence-corrected chi connectivity index (χ3v) is 3.08. The van der Waals surface area contributed by atoms with Crippen molar-refractivity contribution in [3.05, 3.63) is 12.2 Å². The summed E-state index contributed by atoms with van der Waals surface area (Å²) in [5.74, 6) is 1.61. The number of rotatable bonds is 1. The average Bonchev–Trinajstić information content (AvgIpc) is 2.45. The lowest BCUT2D eigenvalue weighted by Crippen LogP contribution is -2.22. The normalized spacial score (nSPS) is 28.7. The average molecular weight is 194 g/mol. The van der Waals surface area contributed by atoms with Gasteiger partial charge in [0.1, 0.15) is 12.2 Å². The van der Waals surface area contributed by atoms with Gasteiger partial charge in [0.15, 0.2) is 0 Å². The molecule has 0 amide bonds. The predicted octanol–water partition coefficient (Wildman–Crippen LogP) is 1.19. The van der Waals surface area contributed by atoms with Crippen molar-refractivity contribution in [2.45, 2.75) is 44.1 Å². The summed E-state index contributed by atoms with van der Waals surface area (Å²) in [6, 6.07) is 0.346. The second kappa shape index (κ2) is 4.09. The van der Waals surface area contributed by atoms with Crippen molar-refractivity contribution in [3.8, 4) is 0 Å². The van der Waals surface area contributed by atoms with E-state index in [4.69, 9.17) is 5.73 Å². The quantitative estimate of drug-likeness (QED) is 0.683. The largest absolute Gasteiger partial charge is 0.328 e. The molecule has 0 saturated heterocycles. The van der Waals surface area contributed by atoms with Crippen LogP contribution in [0.5, 0.6) is 0 Å². The molecule has 0 radical (unpaired) electrons. The van der Waals surface area contributed by atoms with Gasteiger partial charge < -0.3 is 5.73 Å². The maximum Gasteiger partial charge on any atom is 0.138 e. The second-order valence-corrected chi connectivity index (χ2v) is 4.22. The fraction of sp³-hybridized carbons (Fsp3) is 0.800. The molecule has 1 aromatic rings. The van der Waals surface area contributed by atoms with Crippen LogP contribution in [0.4, 0.5) is 0 Å². The minimum Gasteiger partial charge on any atom is -0.328 e. The van der Waals surface area contributed by atoms with Gasteiger partial charge in [-0.25, -0.2) is 4.98 Å². The van der Waals surface area contributed by atoms with Crippen LogP contribution < -0.4 is 5.73 Å². The Kier molecular flexibility index (Phi) is 2.82. The van der Waals surface area contributed by atoms with Crippen molar-refractivity contribution < 1.29 is 0 Å². The molecule has 0 spiro atoms. The molecule has 0 aromatic carbocycles. The zero-order valence-corrected chi connectivity index (χ0v) is 8.69. The zero-order chi connectivity index (χ0) is 9.97. The smallest absolute Gasteiger partial charge is 0.138 e. The van der Waals surface area contributed by atoms with E-state index in [9.17, 15) is 0 Å². The first-order valence-corrected chi connectivity index (χ1v) is 5.37. The molecule has 0 bridgehead atoms. The topological polar surface area (TPSA) is 56.7 Å². The van der Waals surface area contributed by atoms with Crippen LogP contribution in [0.3, 0.4) is 0 Å². The van der Waals surface area contributed by atoms with Crippen LogP contribution in [0.1, 0.15) is 43.8 Å². The van der Waals surface area contributed by atoms with E-state index < -0.39 is 0 Å². The third-order valence-electron chi connectivity index (χ3n) is 3.08. The molecule has 1 heterocycles. The molecule has 2 unspecified atom stereocenters. The molecular formula is C10H18N4. The summed E-state index contributed by atoms with van der Waals surface area (Å²) in [6.07, 6.45) is 7.59. The summed E-state index contributed by atoms with van der Waals surface area (Å²) in [6.45, 7) is 0. The minimum absolute atomic E-state index is 0.346. The molecule has 1 aliphatic rings. The standard InChI is InChI=1S/C10H18N4/c1-14-10(12-7-13-14)8-4-2-3-5-9(11)6-8/h7-9H,2-6,11H2,1H3. The van der Waals surface area contributed by atoms with Crippen LogP contribution in [0.25, 0.3) is 0 Å². The van der Waals surface area contributed by atoms with Gasteiger partial charge in [-0.2, -0.15) is 5.10 Å². The maximum atomic E-state index is 6.02. The maximum absolute atomic E-state index is 6.02. The van der Waals surface area contributed by atoms with Gasteiger partial charge in [-0.15, -0.1) is 0 Å². The molecule has 14 heavy (non-hydrogen) atoms. The lowest BCUT2D eigenvalue weighted by molar-refractivity contribution is 0.495. The first-order valence-electron chi connectivity index (χ1n) is 5.37. The van der Waals surface area contributed by atoms with Crippen molar-refractivity contribution in [3.63, 3.8) is 0 Å². The van der Waals surface area contributed by atoms with E-state index in [0.29, 0.717) is 12.0 Å². The Labute approximate surface area is 84.5 Å². The van der Waals surface area contributed by atoms with Gasteiger partial charge in [-0.05, 0) is 19.3 Å². The number of aromatic nitrogens is 3. The molecular weight excluding hydrogens is 176 g/mol. The minimum atomic E-state index is 0.346. The van der Waals surface area contributed by atoms with Crippen molar-refractivity contribution in [1.82, 2.24) is 14.8 Å². The molecule has 1 aromatic heterocycles. The van der Waals surface area contributed by atoms with Crippen LogP contribution in [-0.2, 0) is 7.05 Å². The summed E-state index contributed by atoms with van der Waals surface area (Å²) in [4.78, 5) is 4.31. The third kappa shape index (κ3) is 1.95. The second-order valence-electron chi connectivity index (χ2n) is 4.22. The van der Waals surface area contributed by atoms with E-state index in [0.717, 1.165) is 18.7 Å². The Morgan fingerprint density at radius 3 is 2.93 bits per heavy atom. The predicted molar refractivity (Wildman–Crippen MR) is 54.8 cm³/mol. The van der Waals surface area contributed by atoms with E-state index in [1.165, 1.54) is 19.3 Å². The molecule has 2 atom stereocenters. The van der Waals surface area contributed by atoms with Gasteiger partial charge in [0.25, 0.3) is 0 Å². The van der Waals surface area contributed by atoms with Gasteiger partial charge in [0.2, 0.25) is 0 Å². The molecule has 1 fully saturated rings. The number of nitrogens with two attached hydrogens (primary N) is 1. The van der Waals surface area contributed by atoms with E-state index >= 15 is 0 Å². The summed E-state index contributed by atoms with van der Waals surface area (Å²) in [7, 11) is 1.96. The first kappa shape index (κ1) is 9.65. The number of nitrogens with zero attached hydrogens (tertiary/aromatic N) is 3. The SMILES string of the molecule is Cn1ncnc1C1CCCCC(N)C1. The Bertz CT molecular complexity index is 294. The van der Waals surface area contributed by atoms with E-state index in [1.807, 2.05) is 11.7 Å². The summed E-state index contributed by atoms with van der Waals surface area (Å²) < 4.78 is 1.88. The van der Waals surface area contributed by atoms with Crippen molar-refractivity contribution in [2.24, 2.45) is 12.8 Å². The van der Waals surface area contributed by atoms with Crippen LogP contribution >= 0.6 is 0 Å². The number of aryl methyl sites for hydroxylation is 1. The lowest BCUT2D eigenvalue weighted by Gasteiger charge is -2.15. The van der Waals surface area contributed by atoms with E-state index in [-0.39, 0.29) is 0 Å². The molecule has 2 rings (SSSR count). The van der Waals surface area contributed by atoms with E-state index in [1.54, 1.807) is 6.33 Å². The summed E-state index contributed by atoms with van der Waals surface area (Å²) >= 11 is 0. The van der Waals surface area contributed by atoms with Gasteiger partial charge in [-0.1, -0.05) is 12.8 Å². The Morgan fingerprint density at radius 1 is 1.43 bits per heavy atom. The van der Waals surface area contributed by atoms with Gasteiger partial charge in [-0.3, -0.25) is 4.68 Å². The zero-order valence-electron chi connectivity index (χ0n) is 8.69. The number of hydrogen-bond acceptors (Lipinski definition) is 3. The van der Waals surface area contributed by atoms with Crippen molar-refractivity contribution in [2.75, 3.05) is 0 Å². The van der Waals surface area contributed by atoms with Gasteiger partial charge in [0.05, 0.1) is 0 Å². The summed E-state index contributed by atoms with van der Waals surface area (Å²) in [5, 5.41) is 4.11. The van der Waals surface area contributed by atoms with Gasteiger partial charge >= 0.3 is 0 Å². The Morgan fingerprint density at radius 2 is 2.21 bits per heavy atom. The van der Waals surface area contributed by atoms with Crippen LogP contribution in [0.15, 0.2) is 6.33 Å². The molecule has 4 nitrogen and oxygen atoms in total. The fourth-order valence-corrected chi connectivity index (χ4v) is 2.31. The molecule has 2 N–H and O–H groups in total. The molecule has 1 saturated carbocycles. The molecule has 78 valence electrons. The van der Waals surface area contributed by atoms with Crippen molar-refractivity contribution in [1.29, 1.82) is 0 Å². The van der Waals surface area contributed by atoms with Crippen LogP contribution in [-0.4, -0.2) is 20.8 Å². The number of hydrogen-bond donors (Lipinski definition) is 1. The highest BCUT2D eigenvalue weighted by Gasteiger charge is 2.22. The lowest BCUT2D eigenvalue weighted by atomic mass is 9.98. The van der Waals surface area contributed by atoms with Crippen LogP contribution in [0, 0.1) is 0 Å². The van der Waals surface area contributed by atoms with Crippen molar-refractivity contribution >= 4 is 0 Å². The van der Waals surface area contributed by atoms with Crippen LogP contribution in [0.2, 0.25) is 0 Å². The molecule has 4 heteroatoms. The highest BCUT2D eigenvalue weighted by molar-refractivity contribution is 4.97.